The van der Waals surface area contributed by atoms with Gasteiger partial charge in [-0.25, -0.2) is 4.39 Å². The first-order valence-corrected chi connectivity index (χ1v) is 8.56. The Kier molecular flexibility index (Phi) is 4.69. The van der Waals surface area contributed by atoms with E-state index in [0.717, 1.165) is 43.7 Å². The summed E-state index contributed by atoms with van der Waals surface area (Å²) in [6.45, 7) is 7.90. The number of halogens is 1. The maximum atomic E-state index is 13.7. The van der Waals surface area contributed by atoms with Crippen LogP contribution in [0, 0.1) is 25.6 Å². The molecule has 1 aliphatic heterocycles. The summed E-state index contributed by atoms with van der Waals surface area (Å²) in [7, 11) is 0. The third kappa shape index (κ3) is 3.35. The lowest BCUT2D eigenvalue weighted by Gasteiger charge is -2.16. The first-order valence-electron chi connectivity index (χ1n) is 8.56. The van der Waals surface area contributed by atoms with Gasteiger partial charge in [0.05, 0.1) is 11.3 Å². The highest BCUT2D eigenvalue weighted by Crippen LogP contribution is 2.24. The van der Waals surface area contributed by atoms with Crippen molar-refractivity contribution in [3.63, 3.8) is 0 Å². The third-order valence-corrected chi connectivity index (χ3v) is 4.83. The van der Waals surface area contributed by atoms with Crippen LogP contribution in [-0.2, 0) is 13.0 Å². The minimum absolute atomic E-state index is 0.0600. The summed E-state index contributed by atoms with van der Waals surface area (Å²) in [5.41, 5.74) is 3.16. The van der Waals surface area contributed by atoms with Gasteiger partial charge in [-0.15, -0.1) is 0 Å². The molecule has 5 heteroatoms. The lowest BCUT2D eigenvalue weighted by atomic mass is 9.98. The topological polar surface area (TPSA) is 38.1 Å². The summed E-state index contributed by atoms with van der Waals surface area (Å²) in [6.07, 6.45) is 3.61. The van der Waals surface area contributed by atoms with Crippen molar-refractivity contribution in [1.82, 2.24) is 14.7 Å². The van der Waals surface area contributed by atoms with E-state index >= 15 is 0 Å². The van der Waals surface area contributed by atoms with Gasteiger partial charge in [-0.05, 0) is 56.7 Å². The number of amides is 1. The summed E-state index contributed by atoms with van der Waals surface area (Å²) in [5.74, 6) is 0.295. The van der Waals surface area contributed by atoms with E-state index in [1.54, 1.807) is 17.7 Å². The van der Waals surface area contributed by atoms with Crippen LogP contribution in [0.15, 0.2) is 24.4 Å². The zero-order valence-electron chi connectivity index (χ0n) is 14.6. The van der Waals surface area contributed by atoms with Gasteiger partial charge < -0.3 is 4.90 Å². The molecule has 1 aromatic heterocycles. The molecule has 1 saturated heterocycles. The molecule has 1 aromatic carbocycles. The summed E-state index contributed by atoms with van der Waals surface area (Å²) >= 11 is 0. The number of hydrogen-bond donors (Lipinski definition) is 0. The Morgan fingerprint density at radius 1 is 1.38 bits per heavy atom. The molecule has 0 aliphatic carbocycles. The fourth-order valence-corrected chi connectivity index (χ4v) is 3.34. The molecule has 1 atom stereocenters. The lowest BCUT2D eigenvalue weighted by Crippen LogP contribution is -2.29. The molecule has 24 heavy (non-hydrogen) atoms. The molecule has 0 N–H and O–H groups in total. The molecule has 4 nitrogen and oxygen atoms in total. The fourth-order valence-electron chi connectivity index (χ4n) is 3.34. The summed E-state index contributed by atoms with van der Waals surface area (Å²) in [4.78, 5) is 14.6. The normalized spacial score (nSPS) is 17.5. The number of aromatic nitrogens is 2. The van der Waals surface area contributed by atoms with Crippen molar-refractivity contribution >= 4 is 5.91 Å². The molecular formula is C19H24FN3O. The average molecular weight is 329 g/mol. The first-order chi connectivity index (χ1) is 11.5. The molecule has 0 radical (unpaired) electrons. The average Bonchev–Trinajstić information content (AvgIpc) is 3.17. The van der Waals surface area contributed by atoms with E-state index in [-0.39, 0.29) is 11.7 Å². The van der Waals surface area contributed by atoms with E-state index in [4.69, 9.17) is 0 Å². The van der Waals surface area contributed by atoms with Gasteiger partial charge in [-0.2, -0.15) is 5.10 Å². The van der Waals surface area contributed by atoms with Crippen molar-refractivity contribution in [3.05, 3.63) is 52.6 Å². The highest BCUT2D eigenvalue weighted by molar-refractivity contribution is 5.95. The number of aryl methyl sites for hydroxylation is 3. The second kappa shape index (κ2) is 6.75. The minimum Gasteiger partial charge on any atom is -0.338 e. The van der Waals surface area contributed by atoms with Crippen LogP contribution < -0.4 is 0 Å². The van der Waals surface area contributed by atoms with Crippen molar-refractivity contribution < 1.29 is 9.18 Å². The molecule has 128 valence electrons. The first kappa shape index (κ1) is 16.7. The molecule has 0 saturated carbocycles. The van der Waals surface area contributed by atoms with E-state index in [9.17, 15) is 9.18 Å². The zero-order valence-corrected chi connectivity index (χ0v) is 14.6. The van der Waals surface area contributed by atoms with Crippen LogP contribution in [0.3, 0.4) is 0 Å². The van der Waals surface area contributed by atoms with Gasteiger partial charge in [-0.1, -0.05) is 12.1 Å². The number of carbonyl (C=O) groups is 1. The molecule has 2 aromatic rings. The Hall–Kier alpha value is -2.17. The number of likely N-dealkylation sites (tertiary alicyclic amines) is 1. The van der Waals surface area contributed by atoms with Crippen LogP contribution in [0.5, 0.6) is 0 Å². The van der Waals surface area contributed by atoms with Crippen molar-refractivity contribution in [1.29, 1.82) is 0 Å². The van der Waals surface area contributed by atoms with Crippen LogP contribution in [0.4, 0.5) is 4.39 Å². The van der Waals surface area contributed by atoms with Gasteiger partial charge in [-0.3, -0.25) is 9.48 Å². The molecule has 1 fully saturated rings. The van der Waals surface area contributed by atoms with Gasteiger partial charge in [0, 0.05) is 25.8 Å². The third-order valence-electron chi connectivity index (χ3n) is 4.83. The maximum absolute atomic E-state index is 13.7. The van der Waals surface area contributed by atoms with Crippen molar-refractivity contribution in [3.8, 4) is 0 Å². The van der Waals surface area contributed by atoms with E-state index in [1.165, 1.54) is 0 Å². The monoisotopic (exact) mass is 329 g/mol. The van der Waals surface area contributed by atoms with E-state index in [0.29, 0.717) is 17.0 Å². The maximum Gasteiger partial charge on any atom is 0.257 e. The molecule has 2 heterocycles. The summed E-state index contributed by atoms with van der Waals surface area (Å²) < 4.78 is 15.5. The van der Waals surface area contributed by atoms with Gasteiger partial charge in [0.15, 0.2) is 0 Å². The zero-order chi connectivity index (χ0) is 17.3. The Balaban J connectivity index is 1.65. The Bertz CT molecular complexity index is 753. The second-order valence-electron chi connectivity index (χ2n) is 6.68. The molecule has 1 aliphatic rings. The fraction of sp³-hybridized carbons (Fsp3) is 0.474. The van der Waals surface area contributed by atoms with Crippen LogP contribution in [0.25, 0.3) is 0 Å². The van der Waals surface area contributed by atoms with Crippen LogP contribution in [0.2, 0.25) is 0 Å². The quantitative estimate of drug-likeness (QED) is 0.862. The standard InChI is InChI=1S/C19H24FN3O/c1-4-23-12-17(14(3)21-23)19(24)22-8-7-16(11-22)9-15-6-5-13(2)18(20)10-15/h5-6,10,12,16H,4,7-9,11H2,1-3H3. The highest BCUT2D eigenvalue weighted by atomic mass is 19.1. The Labute approximate surface area is 142 Å². The van der Waals surface area contributed by atoms with Gasteiger partial charge in [0.1, 0.15) is 5.82 Å². The Morgan fingerprint density at radius 2 is 2.17 bits per heavy atom. The van der Waals surface area contributed by atoms with Gasteiger partial charge in [0.2, 0.25) is 0 Å². The van der Waals surface area contributed by atoms with E-state index in [1.807, 2.05) is 37.1 Å². The number of rotatable bonds is 4. The van der Waals surface area contributed by atoms with Crippen LogP contribution in [0.1, 0.15) is 40.5 Å². The second-order valence-corrected chi connectivity index (χ2v) is 6.68. The molecule has 0 spiro atoms. The molecule has 3 rings (SSSR count). The molecule has 1 unspecified atom stereocenters. The lowest BCUT2D eigenvalue weighted by molar-refractivity contribution is 0.0786. The summed E-state index contributed by atoms with van der Waals surface area (Å²) in [6, 6.07) is 5.43. The number of nitrogens with zero attached hydrogens (tertiary/aromatic N) is 3. The smallest absolute Gasteiger partial charge is 0.257 e. The van der Waals surface area contributed by atoms with Crippen molar-refractivity contribution in [2.24, 2.45) is 5.92 Å². The highest BCUT2D eigenvalue weighted by Gasteiger charge is 2.28. The van der Waals surface area contributed by atoms with Crippen molar-refractivity contribution in [2.75, 3.05) is 13.1 Å². The Morgan fingerprint density at radius 3 is 2.83 bits per heavy atom. The van der Waals surface area contributed by atoms with Crippen molar-refractivity contribution in [2.45, 2.75) is 40.2 Å². The van der Waals surface area contributed by atoms with E-state index in [2.05, 4.69) is 5.10 Å². The molecule has 1 amide bonds. The number of benzene rings is 1. The predicted molar refractivity (Wildman–Crippen MR) is 91.5 cm³/mol. The SMILES string of the molecule is CCn1cc(C(=O)N2CCC(Cc3ccc(C)c(F)c3)C2)c(C)n1. The van der Waals surface area contributed by atoms with Gasteiger partial charge >= 0.3 is 0 Å². The number of carbonyl (C=O) groups excluding carboxylic acids is 1. The molecule has 0 bridgehead atoms. The number of hydrogen-bond acceptors (Lipinski definition) is 2. The van der Waals surface area contributed by atoms with Crippen LogP contribution in [-0.4, -0.2) is 33.7 Å². The minimum atomic E-state index is -0.152. The largest absolute Gasteiger partial charge is 0.338 e. The van der Waals surface area contributed by atoms with Crippen LogP contribution >= 0.6 is 0 Å². The molecular weight excluding hydrogens is 305 g/mol. The summed E-state index contributed by atoms with van der Waals surface area (Å²) in [5, 5.41) is 4.35. The van der Waals surface area contributed by atoms with E-state index < -0.39 is 0 Å². The van der Waals surface area contributed by atoms with Gasteiger partial charge in [0.25, 0.3) is 5.91 Å². The predicted octanol–water partition coefficient (Wildman–Crippen LogP) is 3.36.